The molecule has 1 aromatic rings. The van der Waals surface area contributed by atoms with Crippen LogP contribution in [-0.4, -0.2) is 26.3 Å². The zero-order valence-electron chi connectivity index (χ0n) is 8.18. The summed E-state index contributed by atoms with van der Waals surface area (Å²) in [6.45, 7) is -0.429. The summed E-state index contributed by atoms with van der Waals surface area (Å²) in [5, 5.41) is 26.3. The summed E-state index contributed by atoms with van der Waals surface area (Å²) in [4.78, 5) is 14.3. The molecule has 0 unspecified atom stereocenters. The van der Waals surface area contributed by atoms with E-state index < -0.39 is 5.97 Å². The molecule has 15 heavy (non-hydrogen) atoms. The molecule has 0 amide bonds. The molecule has 0 fully saturated rings. The number of pyridine rings is 1. The number of carboxylic acids is 1. The van der Waals surface area contributed by atoms with Gasteiger partial charge in [0.25, 0.3) is 0 Å². The Hall–Kier alpha value is -1.46. The van der Waals surface area contributed by atoms with Crippen molar-refractivity contribution in [2.75, 3.05) is 0 Å². The topological polar surface area (TPSA) is 90.7 Å². The quantitative estimate of drug-likeness (QED) is 0.641. The third-order valence-corrected chi connectivity index (χ3v) is 1.94. The predicted molar refractivity (Wildman–Crippen MR) is 52.0 cm³/mol. The fourth-order valence-electron chi connectivity index (χ4n) is 1.28. The number of carbonyl (C=O) groups is 1. The minimum absolute atomic E-state index is 0.0275. The van der Waals surface area contributed by atoms with E-state index in [1.54, 1.807) is 12.1 Å². The molecule has 1 aromatic heterocycles. The van der Waals surface area contributed by atoms with Crippen molar-refractivity contribution in [2.45, 2.75) is 26.1 Å². The Morgan fingerprint density at radius 1 is 1.20 bits per heavy atom. The second-order valence-corrected chi connectivity index (χ2v) is 3.17. The Balaban J connectivity index is 2.81. The number of hydrogen-bond donors (Lipinski definition) is 3. The number of aromatic nitrogens is 1. The highest BCUT2D eigenvalue weighted by Gasteiger charge is 2.04. The number of aliphatic hydroxyl groups excluding tert-OH is 2. The average Bonchev–Trinajstić information content (AvgIpc) is 2.25. The maximum atomic E-state index is 10.4. The molecule has 1 heterocycles. The van der Waals surface area contributed by atoms with E-state index in [-0.39, 0.29) is 19.6 Å². The van der Waals surface area contributed by atoms with Crippen LogP contribution in [0.5, 0.6) is 0 Å². The highest BCUT2D eigenvalue weighted by atomic mass is 16.4. The van der Waals surface area contributed by atoms with Gasteiger partial charge in [0.05, 0.1) is 24.6 Å². The molecule has 1 rings (SSSR count). The standard InChI is InChI=1S/C10H13NO4/c12-5-8-3-7(1-2-10(14)15)4-9(6-13)11-8/h3-4,12-13H,1-2,5-6H2,(H,14,15). The predicted octanol–water partition coefficient (Wildman–Crippen LogP) is 0.0834. The highest BCUT2D eigenvalue weighted by Crippen LogP contribution is 2.09. The van der Waals surface area contributed by atoms with Crippen LogP contribution in [-0.2, 0) is 24.4 Å². The Labute approximate surface area is 87.0 Å². The second kappa shape index (κ2) is 5.43. The summed E-state index contributed by atoms with van der Waals surface area (Å²) < 4.78 is 0. The van der Waals surface area contributed by atoms with Crippen molar-refractivity contribution in [1.82, 2.24) is 4.98 Å². The third-order valence-electron chi connectivity index (χ3n) is 1.94. The molecule has 82 valence electrons. The van der Waals surface area contributed by atoms with Crippen LogP contribution in [0.1, 0.15) is 23.4 Å². The van der Waals surface area contributed by atoms with Gasteiger partial charge in [-0.3, -0.25) is 9.78 Å². The molecule has 0 saturated carbocycles. The van der Waals surface area contributed by atoms with Crippen LogP contribution >= 0.6 is 0 Å². The van der Waals surface area contributed by atoms with Crippen molar-refractivity contribution in [3.63, 3.8) is 0 Å². The first-order valence-electron chi connectivity index (χ1n) is 4.58. The fraction of sp³-hybridized carbons (Fsp3) is 0.400. The van der Waals surface area contributed by atoms with E-state index in [9.17, 15) is 4.79 Å². The van der Waals surface area contributed by atoms with Crippen molar-refractivity contribution in [3.05, 3.63) is 29.1 Å². The fourth-order valence-corrected chi connectivity index (χ4v) is 1.28. The van der Waals surface area contributed by atoms with Gasteiger partial charge in [0.1, 0.15) is 0 Å². The molecule has 5 heteroatoms. The van der Waals surface area contributed by atoms with Gasteiger partial charge in [0.2, 0.25) is 0 Å². The molecule has 0 aliphatic rings. The monoisotopic (exact) mass is 211 g/mol. The van der Waals surface area contributed by atoms with Crippen molar-refractivity contribution in [2.24, 2.45) is 0 Å². The number of aliphatic carboxylic acids is 1. The van der Waals surface area contributed by atoms with E-state index in [1.807, 2.05) is 0 Å². The number of aryl methyl sites for hydroxylation is 1. The summed E-state index contributed by atoms with van der Waals surface area (Å²) in [6.07, 6.45) is 0.400. The van der Waals surface area contributed by atoms with Gasteiger partial charge in [-0.15, -0.1) is 0 Å². The zero-order chi connectivity index (χ0) is 11.3. The van der Waals surface area contributed by atoms with Crippen molar-refractivity contribution >= 4 is 5.97 Å². The van der Waals surface area contributed by atoms with Gasteiger partial charge in [-0.1, -0.05) is 0 Å². The molecular formula is C10H13NO4. The lowest BCUT2D eigenvalue weighted by Crippen LogP contribution is -2.02. The van der Waals surface area contributed by atoms with Gasteiger partial charge in [-0.05, 0) is 24.1 Å². The van der Waals surface area contributed by atoms with Gasteiger partial charge < -0.3 is 15.3 Å². The van der Waals surface area contributed by atoms with E-state index in [2.05, 4.69) is 4.98 Å². The lowest BCUT2D eigenvalue weighted by atomic mass is 10.1. The van der Waals surface area contributed by atoms with Crippen molar-refractivity contribution in [3.8, 4) is 0 Å². The average molecular weight is 211 g/mol. The number of rotatable bonds is 5. The molecule has 0 aliphatic heterocycles. The Morgan fingerprint density at radius 2 is 1.73 bits per heavy atom. The summed E-state index contributed by atoms with van der Waals surface area (Å²) in [6, 6.07) is 3.28. The van der Waals surface area contributed by atoms with Crippen molar-refractivity contribution < 1.29 is 20.1 Å². The lowest BCUT2D eigenvalue weighted by Gasteiger charge is -2.04. The Morgan fingerprint density at radius 3 is 2.13 bits per heavy atom. The summed E-state index contributed by atoms with van der Waals surface area (Å²) >= 11 is 0. The minimum atomic E-state index is -0.872. The van der Waals surface area contributed by atoms with Crippen molar-refractivity contribution in [1.29, 1.82) is 0 Å². The molecule has 3 N–H and O–H groups in total. The van der Waals surface area contributed by atoms with Gasteiger partial charge in [-0.2, -0.15) is 0 Å². The first-order valence-corrected chi connectivity index (χ1v) is 4.58. The maximum Gasteiger partial charge on any atom is 0.303 e. The first-order chi connectivity index (χ1) is 7.15. The summed E-state index contributed by atoms with van der Waals surface area (Å²) in [7, 11) is 0. The molecule has 0 spiro atoms. The second-order valence-electron chi connectivity index (χ2n) is 3.17. The first kappa shape index (κ1) is 11.6. The number of aliphatic hydroxyl groups is 2. The van der Waals surface area contributed by atoms with Crippen LogP contribution in [0.2, 0.25) is 0 Å². The van der Waals surface area contributed by atoms with E-state index in [1.165, 1.54) is 0 Å². The van der Waals surface area contributed by atoms with Crippen LogP contribution in [0.4, 0.5) is 0 Å². The van der Waals surface area contributed by atoms with E-state index >= 15 is 0 Å². The van der Waals surface area contributed by atoms with Crippen LogP contribution < -0.4 is 0 Å². The summed E-state index contributed by atoms with van der Waals surface area (Å²) in [5.74, 6) is -0.872. The van der Waals surface area contributed by atoms with Crippen LogP contribution in [0.15, 0.2) is 12.1 Å². The van der Waals surface area contributed by atoms with Gasteiger partial charge >= 0.3 is 5.97 Å². The SMILES string of the molecule is O=C(O)CCc1cc(CO)nc(CO)c1. The smallest absolute Gasteiger partial charge is 0.303 e. The molecule has 5 nitrogen and oxygen atoms in total. The Bertz CT molecular complexity index is 329. The lowest BCUT2D eigenvalue weighted by molar-refractivity contribution is -0.136. The van der Waals surface area contributed by atoms with E-state index in [0.29, 0.717) is 17.8 Å². The van der Waals surface area contributed by atoms with Crippen LogP contribution in [0.3, 0.4) is 0 Å². The normalized spacial score (nSPS) is 10.3. The van der Waals surface area contributed by atoms with Gasteiger partial charge in [-0.25, -0.2) is 0 Å². The highest BCUT2D eigenvalue weighted by molar-refractivity contribution is 5.67. The van der Waals surface area contributed by atoms with Gasteiger partial charge in [0, 0.05) is 6.42 Å². The third kappa shape index (κ3) is 3.65. The number of nitrogens with zero attached hydrogens (tertiary/aromatic N) is 1. The van der Waals surface area contributed by atoms with Gasteiger partial charge in [0.15, 0.2) is 0 Å². The molecular weight excluding hydrogens is 198 g/mol. The molecule has 0 atom stereocenters. The number of hydrogen-bond acceptors (Lipinski definition) is 4. The zero-order valence-corrected chi connectivity index (χ0v) is 8.18. The Kier molecular flexibility index (Phi) is 4.20. The molecule has 0 radical (unpaired) electrons. The minimum Gasteiger partial charge on any atom is -0.481 e. The van der Waals surface area contributed by atoms with Crippen LogP contribution in [0, 0.1) is 0 Å². The van der Waals surface area contributed by atoms with E-state index in [0.717, 1.165) is 5.56 Å². The largest absolute Gasteiger partial charge is 0.481 e. The molecule has 0 saturated heterocycles. The van der Waals surface area contributed by atoms with E-state index in [4.69, 9.17) is 15.3 Å². The maximum absolute atomic E-state index is 10.4. The molecule has 0 bridgehead atoms. The molecule has 0 aliphatic carbocycles. The number of carboxylic acid groups (broad SMARTS) is 1. The van der Waals surface area contributed by atoms with Crippen LogP contribution in [0.25, 0.3) is 0 Å². The molecule has 0 aromatic carbocycles. The summed E-state index contributed by atoms with van der Waals surface area (Å²) in [5.41, 5.74) is 1.66.